The van der Waals surface area contributed by atoms with Gasteiger partial charge in [0.1, 0.15) is 0 Å². The Kier molecular flexibility index (Phi) is 6.06. The zero-order valence-electron chi connectivity index (χ0n) is 13.5. The Bertz CT molecular complexity index is 540. The molecule has 2 amide bonds. The van der Waals surface area contributed by atoms with E-state index in [2.05, 4.69) is 10.2 Å². The lowest BCUT2D eigenvalue weighted by molar-refractivity contribution is -0.137. The molecule has 0 radical (unpaired) electrons. The predicted octanol–water partition coefficient (Wildman–Crippen LogP) is 2.63. The Labute approximate surface area is 139 Å². The van der Waals surface area contributed by atoms with E-state index in [0.29, 0.717) is 44.8 Å². The number of carbonyl (C=O) groups excluding carboxylic acids is 1. The molecule has 0 bridgehead atoms. The zero-order valence-corrected chi connectivity index (χ0v) is 13.5. The summed E-state index contributed by atoms with van der Waals surface area (Å²) in [5.74, 6) is 0. The summed E-state index contributed by atoms with van der Waals surface area (Å²) in [6.07, 6.45) is -4.06. The van der Waals surface area contributed by atoms with Gasteiger partial charge in [0.15, 0.2) is 0 Å². The molecular weight excluding hydrogens is 323 g/mol. The van der Waals surface area contributed by atoms with Gasteiger partial charge in [0.2, 0.25) is 0 Å². The van der Waals surface area contributed by atoms with Crippen LogP contribution < -0.4 is 5.32 Å². The van der Waals surface area contributed by atoms with Crippen LogP contribution >= 0.6 is 0 Å². The lowest BCUT2D eigenvalue weighted by atomic mass is 10.2. The quantitative estimate of drug-likeness (QED) is 0.882. The van der Waals surface area contributed by atoms with Crippen LogP contribution in [0.4, 0.5) is 23.7 Å². The molecule has 1 heterocycles. The maximum atomic E-state index is 12.5. The summed E-state index contributed by atoms with van der Waals surface area (Å²) >= 11 is 0. The van der Waals surface area contributed by atoms with Gasteiger partial charge in [0.05, 0.1) is 11.7 Å². The predicted molar refractivity (Wildman–Crippen MR) is 84.8 cm³/mol. The van der Waals surface area contributed by atoms with Crippen molar-refractivity contribution >= 4 is 11.7 Å². The van der Waals surface area contributed by atoms with Crippen molar-refractivity contribution in [3.05, 3.63) is 29.8 Å². The summed E-state index contributed by atoms with van der Waals surface area (Å²) in [4.78, 5) is 15.9. The average molecular weight is 345 g/mol. The van der Waals surface area contributed by atoms with Gasteiger partial charge in [0, 0.05) is 38.4 Å². The van der Waals surface area contributed by atoms with Gasteiger partial charge in [-0.15, -0.1) is 0 Å². The molecule has 8 heteroatoms. The number of benzene rings is 1. The fourth-order valence-corrected chi connectivity index (χ4v) is 2.51. The summed E-state index contributed by atoms with van der Waals surface area (Å²) in [6.45, 7) is 4.87. The number of anilines is 1. The Morgan fingerprint density at radius 2 is 1.79 bits per heavy atom. The minimum absolute atomic E-state index is 0.328. The third-order valence-electron chi connectivity index (χ3n) is 4.06. The molecule has 1 aromatic carbocycles. The van der Waals surface area contributed by atoms with Crippen molar-refractivity contribution in [1.29, 1.82) is 0 Å². The molecule has 1 fully saturated rings. The van der Waals surface area contributed by atoms with Crippen LogP contribution in [0.2, 0.25) is 0 Å². The molecule has 0 aromatic heterocycles. The number of piperazine rings is 1. The van der Waals surface area contributed by atoms with Gasteiger partial charge < -0.3 is 15.3 Å². The summed E-state index contributed by atoms with van der Waals surface area (Å²) in [5, 5.41) is 12.3. The highest BCUT2D eigenvalue weighted by Crippen LogP contribution is 2.29. The maximum Gasteiger partial charge on any atom is 0.416 e. The van der Waals surface area contributed by atoms with Gasteiger partial charge >= 0.3 is 12.2 Å². The molecule has 1 saturated heterocycles. The highest BCUT2D eigenvalue weighted by molar-refractivity contribution is 5.89. The number of rotatable bonds is 4. The van der Waals surface area contributed by atoms with E-state index in [1.807, 2.05) is 6.92 Å². The van der Waals surface area contributed by atoms with Crippen molar-refractivity contribution in [2.45, 2.75) is 25.6 Å². The number of nitrogens with one attached hydrogen (secondary N) is 1. The van der Waals surface area contributed by atoms with E-state index in [9.17, 15) is 23.1 Å². The number of aliphatic hydroxyl groups excluding tert-OH is 1. The van der Waals surface area contributed by atoms with E-state index in [-0.39, 0.29) is 12.1 Å². The highest BCUT2D eigenvalue weighted by atomic mass is 19.4. The molecule has 0 spiro atoms. The van der Waals surface area contributed by atoms with Crippen molar-refractivity contribution in [2.75, 3.05) is 38.0 Å². The molecule has 1 aromatic rings. The van der Waals surface area contributed by atoms with E-state index in [4.69, 9.17) is 0 Å². The summed E-state index contributed by atoms with van der Waals surface area (Å²) in [7, 11) is 0. The molecular formula is C16H22F3N3O2. The van der Waals surface area contributed by atoms with Crippen molar-refractivity contribution in [2.24, 2.45) is 0 Å². The minimum Gasteiger partial charge on any atom is -0.392 e. The molecule has 0 unspecified atom stereocenters. The van der Waals surface area contributed by atoms with Gasteiger partial charge in [-0.25, -0.2) is 4.79 Å². The van der Waals surface area contributed by atoms with E-state index in [1.165, 1.54) is 12.1 Å². The van der Waals surface area contributed by atoms with Crippen LogP contribution in [0.25, 0.3) is 0 Å². The largest absolute Gasteiger partial charge is 0.416 e. The Morgan fingerprint density at radius 1 is 1.21 bits per heavy atom. The molecule has 1 aliphatic heterocycles. The monoisotopic (exact) mass is 345 g/mol. The molecule has 0 aliphatic carbocycles. The number of amides is 2. The van der Waals surface area contributed by atoms with Gasteiger partial charge in [-0.3, -0.25) is 4.90 Å². The van der Waals surface area contributed by atoms with E-state index >= 15 is 0 Å². The van der Waals surface area contributed by atoms with Crippen LogP contribution in [0.5, 0.6) is 0 Å². The second-order valence-corrected chi connectivity index (χ2v) is 5.85. The second kappa shape index (κ2) is 7.85. The Morgan fingerprint density at radius 3 is 2.29 bits per heavy atom. The Balaban J connectivity index is 1.83. The number of alkyl halides is 3. The smallest absolute Gasteiger partial charge is 0.392 e. The first kappa shape index (κ1) is 18.5. The van der Waals surface area contributed by atoms with Crippen molar-refractivity contribution < 1.29 is 23.1 Å². The molecule has 2 rings (SSSR count). The number of β-amino-alcohol motifs (C(OH)–C–C–N with tert-alkyl or cyclic N) is 1. The van der Waals surface area contributed by atoms with E-state index in [1.54, 1.807) is 4.90 Å². The number of halogens is 3. The number of nitrogens with zero attached hydrogens (tertiary/aromatic N) is 2. The molecule has 1 atom stereocenters. The summed E-state index contributed by atoms with van der Waals surface area (Å²) in [6, 6.07) is 4.05. The van der Waals surface area contributed by atoms with Crippen LogP contribution in [-0.4, -0.2) is 59.8 Å². The molecule has 5 nitrogen and oxygen atoms in total. The zero-order chi connectivity index (χ0) is 17.7. The van der Waals surface area contributed by atoms with Gasteiger partial charge in [0.25, 0.3) is 0 Å². The topological polar surface area (TPSA) is 55.8 Å². The van der Waals surface area contributed by atoms with Crippen LogP contribution in [0.15, 0.2) is 24.3 Å². The first-order valence-electron chi connectivity index (χ1n) is 7.93. The van der Waals surface area contributed by atoms with Gasteiger partial charge in [-0.2, -0.15) is 13.2 Å². The molecule has 2 N–H and O–H groups in total. The van der Waals surface area contributed by atoms with Crippen LogP contribution in [0, 0.1) is 0 Å². The SMILES string of the molecule is CC[C@H](O)CN1CCN(C(=O)Nc2ccc(C(F)(F)F)cc2)CC1. The number of urea groups is 1. The minimum atomic E-state index is -4.39. The normalized spacial score (nSPS) is 17.6. The molecule has 0 saturated carbocycles. The standard InChI is InChI=1S/C16H22F3N3O2/c1-2-14(23)11-21-7-9-22(10-8-21)15(24)20-13-5-3-12(4-6-13)16(17,18)19/h3-6,14,23H,2,7-11H2,1H3,(H,20,24)/t14-/m0/s1. The fraction of sp³-hybridized carbons (Fsp3) is 0.562. The highest BCUT2D eigenvalue weighted by Gasteiger charge is 2.30. The van der Waals surface area contributed by atoms with E-state index < -0.39 is 11.7 Å². The molecule has 24 heavy (non-hydrogen) atoms. The van der Waals surface area contributed by atoms with Crippen LogP contribution in [0.3, 0.4) is 0 Å². The van der Waals surface area contributed by atoms with Crippen molar-refractivity contribution in [1.82, 2.24) is 9.80 Å². The second-order valence-electron chi connectivity index (χ2n) is 5.85. The first-order chi connectivity index (χ1) is 11.3. The number of carbonyl (C=O) groups is 1. The van der Waals surface area contributed by atoms with Crippen molar-refractivity contribution in [3.63, 3.8) is 0 Å². The Hall–Kier alpha value is -1.80. The first-order valence-corrected chi connectivity index (χ1v) is 7.93. The third kappa shape index (κ3) is 5.10. The van der Waals surface area contributed by atoms with Crippen LogP contribution in [0.1, 0.15) is 18.9 Å². The average Bonchev–Trinajstić information content (AvgIpc) is 2.55. The molecule has 134 valence electrons. The summed E-state index contributed by atoms with van der Waals surface area (Å²) < 4.78 is 37.5. The molecule has 1 aliphatic rings. The lowest BCUT2D eigenvalue weighted by Gasteiger charge is -2.35. The maximum absolute atomic E-state index is 12.5. The van der Waals surface area contributed by atoms with Crippen LogP contribution in [-0.2, 0) is 6.18 Å². The number of hydrogen-bond acceptors (Lipinski definition) is 3. The fourth-order valence-electron chi connectivity index (χ4n) is 2.51. The summed E-state index contributed by atoms with van der Waals surface area (Å²) in [5.41, 5.74) is -0.416. The number of hydrogen-bond donors (Lipinski definition) is 2. The third-order valence-corrected chi connectivity index (χ3v) is 4.06. The lowest BCUT2D eigenvalue weighted by Crippen LogP contribution is -2.51. The van der Waals surface area contributed by atoms with Gasteiger partial charge in [-0.05, 0) is 30.7 Å². The van der Waals surface area contributed by atoms with Gasteiger partial charge in [-0.1, -0.05) is 6.92 Å². The number of aliphatic hydroxyl groups is 1. The van der Waals surface area contributed by atoms with Crippen molar-refractivity contribution in [3.8, 4) is 0 Å². The van der Waals surface area contributed by atoms with E-state index in [0.717, 1.165) is 12.1 Å².